The smallest absolute Gasteiger partial charge is 0.0964 e. The van der Waals surface area contributed by atoms with Crippen LogP contribution in [-0.2, 0) is 13.1 Å². The van der Waals surface area contributed by atoms with Gasteiger partial charge in [-0.15, -0.1) is 5.10 Å². The summed E-state index contributed by atoms with van der Waals surface area (Å²) < 4.78 is 1.59. The molecule has 16 heavy (non-hydrogen) atoms. The summed E-state index contributed by atoms with van der Waals surface area (Å²) in [5, 5.41) is 28.4. The minimum Gasteiger partial charge on any atom is -0.394 e. The first-order valence-corrected chi connectivity index (χ1v) is 5.19. The SMILES string of the molecule is CC(C)(C#N)CNCc1cn(CCO)nn1. The Morgan fingerprint density at radius 1 is 1.62 bits per heavy atom. The maximum Gasteiger partial charge on any atom is 0.0964 e. The number of aliphatic hydroxyl groups is 1. The predicted octanol–water partition coefficient (Wildman–Crippen LogP) is -0.0902. The monoisotopic (exact) mass is 223 g/mol. The van der Waals surface area contributed by atoms with Crippen LogP contribution in [0.4, 0.5) is 0 Å². The summed E-state index contributed by atoms with van der Waals surface area (Å²) in [5.41, 5.74) is 0.434. The summed E-state index contributed by atoms with van der Waals surface area (Å²) in [4.78, 5) is 0. The molecule has 0 bridgehead atoms. The van der Waals surface area contributed by atoms with Gasteiger partial charge in [-0.05, 0) is 13.8 Å². The van der Waals surface area contributed by atoms with Crippen LogP contribution >= 0.6 is 0 Å². The third-order valence-electron chi connectivity index (χ3n) is 2.09. The number of nitrogens with zero attached hydrogens (tertiary/aromatic N) is 4. The lowest BCUT2D eigenvalue weighted by Gasteiger charge is -2.14. The lowest BCUT2D eigenvalue weighted by Crippen LogP contribution is -2.27. The first-order valence-electron chi connectivity index (χ1n) is 5.19. The molecule has 0 amide bonds. The van der Waals surface area contributed by atoms with E-state index in [2.05, 4.69) is 21.7 Å². The van der Waals surface area contributed by atoms with Crippen molar-refractivity contribution in [2.24, 2.45) is 5.41 Å². The standard InChI is InChI=1S/C10H17N5O/c1-10(2,7-11)8-12-5-9-6-15(3-4-16)14-13-9/h6,12,16H,3-5,8H2,1-2H3. The quantitative estimate of drug-likeness (QED) is 0.703. The molecular formula is C10H17N5O. The second kappa shape index (κ2) is 5.58. The minimum absolute atomic E-state index is 0.0533. The Morgan fingerprint density at radius 2 is 2.38 bits per heavy atom. The van der Waals surface area contributed by atoms with E-state index in [1.807, 2.05) is 13.8 Å². The van der Waals surface area contributed by atoms with Crippen LogP contribution in [0.1, 0.15) is 19.5 Å². The van der Waals surface area contributed by atoms with Gasteiger partial charge in [0.1, 0.15) is 0 Å². The number of nitriles is 1. The fourth-order valence-electron chi connectivity index (χ4n) is 1.17. The van der Waals surface area contributed by atoms with Gasteiger partial charge < -0.3 is 10.4 Å². The maximum atomic E-state index is 8.82. The van der Waals surface area contributed by atoms with Gasteiger partial charge in [0.2, 0.25) is 0 Å². The van der Waals surface area contributed by atoms with E-state index in [1.54, 1.807) is 10.9 Å². The average molecular weight is 223 g/mol. The second-order valence-corrected chi connectivity index (χ2v) is 4.30. The first-order chi connectivity index (χ1) is 7.57. The van der Waals surface area contributed by atoms with Crippen LogP contribution in [-0.4, -0.2) is 33.3 Å². The largest absolute Gasteiger partial charge is 0.394 e. The fourth-order valence-corrected chi connectivity index (χ4v) is 1.17. The molecule has 1 rings (SSSR count). The van der Waals surface area contributed by atoms with Crippen molar-refractivity contribution in [3.8, 4) is 6.07 Å². The summed E-state index contributed by atoms with van der Waals surface area (Å²) in [6.07, 6.45) is 1.78. The number of rotatable bonds is 6. The van der Waals surface area contributed by atoms with Gasteiger partial charge >= 0.3 is 0 Å². The van der Waals surface area contributed by atoms with Gasteiger partial charge in [-0.25, -0.2) is 4.68 Å². The third kappa shape index (κ3) is 3.96. The summed E-state index contributed by atoms with van der Waals surface area (Å²) in [6, 6.07) is 2.22. The number of hydrogen-bond donors (Lipinski definition) is 2. The molecular weight excluding hydrogens is 206 g/mol. The van der Waals surface area contributed by atoms with E-state index in [-0.39, 0.29) is 12.0 Å². The molecule has 0 aromatic carbocycles. The van der Waals surface area contributed by atoms with E-state index in [9.17, 15) is 0 Å². The molecule has 6 nitrogen and oxygen atoms in total. The lowest BCUT2D eigenvalue weighted by atomic mass is 9.96. The van der Waals surface area contributed by atoms with Crippen LogP contribution in [0.2, 0.25) is 0 Å². The highest BCUT2D eigenvalue weighted by Gasteiger charge is 2.15. The lowest BCUT2D eigenvalue weighted by molar-refractivity contribution is 0.268. The van der Waals surface area contributed by atoms with Crippen LogP contribution in [0.5, 0.6) is 0 Å². The molecule has 1 aromatic heterocycles. The van der Waals surface area contributed by atoms with Gasteiger partial charge in [0.25, 0.3) is 0 Å². The van der Waals surface area contributed by atoms with Crippen molar-refractivity contribution in [2.45, 2.75) is 26.9 Å². The fraction of sp³-hybridized carbons (Fsp3) is 0.700. The molecule has 88 valence electrons. The van der Waals surface area contributed by atoms with Gasteiger partial charge in [-0.2, -0.15) is 5.26 Å². The molecule has 1 heterocycles. The predicted molar refractivity (Wildman–Crippen MR) is 58.2 cm³/mol. The van der Waals surface area contributed by atoms with E-state index >= 15 is 0 Å². The van der Waals surface area contributed by atoms with Crippen LogP contribution in [0.25, 0.3) is 0 Å². The van der Waals surface area contributed by atoms with Crippen LogP contribution in [0.15, 0.2) is 6.20 Å². The van der Waals surface area contributed by atoms with Crippen molar-refractivity contribution in [3.05, 3.63) is 11.9 Å². The number of aliphatic hydroxyl groups excluding tert-OH is 1. The van der Waals surface area contributed by atoms with Gasteiger partial charge in [0.15, 0.2) is 0 Å². The van der Waals surface area contributed by atoms with E-state index in [4.69, 9.17) is 10.4 Å². The maximum absolute atomic E-state index is 8.82. The average Bonchev–Trinajstić information content (AvgIpc) is 2.66. The third-order valence-corrected chi connectivity index (χ3v) is 2.09. The highest BCUT2D eigenvalue weighted by molar-refractivity contribution is 4.96. The topological polar surface area (TPSA) is 86.8 Å². The van der Waals surface area contributed by atoms with Gasteiger partial charge in [0, 0.05) is 19.3 Å². The van der Waals surface area contributed by atoms with E-state index in [1.165, 1.54) is 0 Å². The molecule has 0 atom stereocenters. The zero-order chi connectivity index (χ0) is 12.0. The molecule has 0 radical (unpaired) electrons. The first kappa shape index (κ1) is 12.6. The van der Waals surface area contributed by atoms with Gasteiger partial charge in [0.05, 0.1) is 30.3 Å². The molecule has 0 saturated carbocycles. The molecule has 0 saturated heterocycles. The van der Waals surface area contributed by atoms with Gasteiger partial charge in [-0.3, -0.25) is 0 Å². The molecule has 0 spiro atoms. The number of aromatic nitrogens is 3. The summed E-state index contributed by atoms with van der Waals surface area (Å²) in [6.45, 7) is 5.45. The Bertz CT molecular complexity index is 366. The van der Waals surface area contributed by atoms with Crippen molar-refractivity contribution in [1.29, 1.82) is 5.26 Å². The summed E-state index contributed by atoms with van der Waals surface area (Å²) in [5.74, 6) is 0. The van der Waals surface area contributed by atoms with Crippen molar-refractivity contribution in [1.82, 2.24) is 20.3 Å². The summed E-state index contributed by atoms with van der Waals surface area (Å²) in [7, 11) is 0. The van der Waals surface area contributed by atoms with Crippen molar-refractivity contribution < 1.29 is 5.11 Å². The van der Waals surface area contributed by atoms with E-state index in [0.717, 1.165) is 5.69 Å². The molecule has 0 fully saturated rings. The molecule has 6 heteroatoms. The Morgan fingerprint density at radius 3 is 3.00 bits per heavy atom. The Hall–Kier alpha value is -1.45. The highest BCUT2D eigenvalue weighted by Crippen LogP contribution is 2.10. The van der Waals surface area contributed by atoms with Crippen molar-refractivity contribution in [3.63, 3.8) is 0 Å². The Labute approximate surface area is 94.9 Å². The minimum atomic E-state index is -0.374. The number of nitrogens with one attached hydrogen (secondary N) is 1. The van der Waals surface area contributed by atoms with Crippen molar-refractivity contribution in [2.75, 3.05) is 13.2 Å². The van der Waals surface area contributed by atoms with Crippen LogP contribution in [0.3, 0.4) is 0 Å². The van der Waals surface area contributed by atoms with E-state index in [0.29, 0.717) is 19.6 Å². The highest BCUT2D eigenvalue weighted by atomic mass is 16.3. The summed E-state index contributed by atoms with van der Waals surface area (Å²) >= 11 is 0. The molecule has 0 aliphatic carbocycles. The second-order valence-electron chi connectivity index (χ2n) is 4.30. The van der Waals surface area contributed by atoms with E-state index < -0.39 is 0 Å². The number of hydrogen-bond acceptors (Lipinski definition) is 5. The molecule has 2 N–H and O–H groups in total. The normalized spacial score (nSPS) is 11.4. The van der Waals surface area contributed by atoms with Crippen LogP contribution < -0.4 is 5.32 Å². The van der Waals surface area contributed by atoms with Gasteiger partial charge in [-0.1, -0.05) is 5.21 Å². The Kier molecular flexibility index (Phi) is 4.40. The van der Waals surface area contributed by atoms with Crippen LogP contribution in [0, 0.1) is 16.7 Å². The molecule has 0 aliphatic rings. The Balaban J connectivity index is 2.35. The van der Waals surface area contributed by atoms with Crippen molar-refractivity contribution >= 4 is 0 Å². The molecule has 0 unspecified atom stereocenters. The molecule has 1 aromatic rings. The zero-order valence-electron chi connectivity index (χ0n) is 9.64. The zero-order valence-corrected chi connectivity index (χ0v) is 9.64. The molecule has 0 aliphatic heterocycles.